The van der Waals surface area contributed by atoms with Crippen LogP contribution < -0.4 is 9.64 Å². The summed E-state index contributed by atoms with van der Waals surface area (Å²) in [6.45, 7) is 1.44. The molecule has 0 aromatic carbocycles. The van der Waals surface area contributed by atoms with E-state index in [9.17, 15) is 13.2 Å². The SMILES string of the molecule is FC(F)(F)c1ccc(OC2CCN(c3nc(C4CC4)ns3)C2)nc1. The number of rotatable bonds is 4. The van der Waals surface area contributed by atoms with E-state index >= 15 is 0 Å². The molecule has 3 heterocycles. The van der Waals surface area contributed by atoms with Crippen molar-refractivity contribution < 1.29 is 17.9 Å². The van der Waals surface area contributed by atoms with Gasteiger partial charge in [0, 0.05) is 42.7 Å². The van der Waals surface area contributed by atoms with Crippen molar-refractivity contribution in [2.75, 3.05) is 18.0 Å². The monoisotopic (exact) mass is 356 g/mol. The zero-order valence-corrected chi connectivity index (χ0v) is 13.5. The van der Waals surface area contributed by atoms with Crippen LogP contribution in [0.5, 0.6) is 5.88 Å². The fourth-order valence-electron chi connectivity index (χ4n) is 2.65. The molecule has 128 valence electrons. The van der Waals surface area contributed by atoms with Crippen molar-refractivity contribution >= 4 is 16.7 Å². The molecule has 24 heavy (non-hydrogen) atoms. The molecule has 2 aliphatic rings. The van der Waals surface area contributed by atoms with Crippen LogP contribution in [0.2, 0.25) is 0 Å². The predicted octanol–water partition coefficient (Wildman–Crippen LogP) is 3.49. The molecule has 0 radical (unpaired) electrons. The van der Waals surface area contributed by atoms with Gasteiger partial charge in [0.2, 0.25) is 11.0 Å². The number of anilines is 1. The number of nitrogens with zero attached hydrogens (tertiary/aromatic N) is 4. The van der Waals surface area contributed by atoms with Gasteiger partial charge in [-0.05, 0) is 18.9 Å². The zero-order chi connectivity index (χ0) is 16.7. The van der Waals surface area contributed by atoms with Crippen LogP contribution >= 0.6 is 11.5 Å². The summed E-state index contributed by atoms with van der Waals surface area (Å²) in [6.07, 6.45) is -0.576. The molecule has 0 N–H and O–H groups in total. The molecule has 4 rings (SSSR count). The Bertz CT molecular complexity index is 714. The summed E-state index contributed by atoms with van der Waals surface area (Å²) < 4.78 is 47.7. The molecule has 1 aliphatic heterocycles. The molecule has 1 saturated carbocycles. The van der Waals surface area contributed by atoms with Gasteiger partial charge in [0.25, 0.3) is 0 Å². The number of aromatic nitrogens is 3. The van der Waals surface area contributed by atoms with Crippen LogP contribution in [-0.2, 0) is 6.18 Å². The standard InChI is InChI=1S/C15H15F3N4OS/c16-15(17,18)10-3-4-12(19-7-10)23-11-5-6-22(8-11)14-20-13(21-24-14)9-1-2-9/h3-4,7,9,11H,1-2,5-6,8H2. The first kappa shape index (κ1) is 15.6. The second kappa shape index (κ2) is 5.87. The number of alkyl halides is 3. The van der Waals surface area contributed by atoms with Crippen LogP contribution in [0.4, 0.5) is 18.3 Å². The van der Waals surface area contributed by atoms with Gasteiger partial charge in [0.1, 0.15) is 11.9 Å². The van der Waals surface area contributed by atoms with E-state index in [-0.39, 0.29) is 12.0 Å². The van der Waals surface area contributed by atoms with Gasteiger partial charge in [-0.2, -0.15) is 17.5 Å². The lowest BCUT2D eigenvalue weighted by molar-refractivity contribution is -0.137. The van der Waals surface area contributed by atoms with E-state index in [1.165, 1.54) is 30.4 Å². The van der Waals surface area contributed by atoms with E-state index in [4.69, 9.17) is 4.74 Å². The Hall–Kier alpha value is -1.90. The number of pyridine rings is 1. The van der Waals surface area contributed by atoms with Gasteiger partial charge in [0.15, 0.2) is 0 Å². The van der Waals surface area contributed by atoms with Crippen LogP contribution in [0.15, 0.2) is 18.3 Å². The highest BCUT2D eigenvalue weighted by atomic mass is 32.1. The van der Waals surface area contributed by atoms with E-state index < -0.39 is 11.7 Å². The number of halogens is 3. The second-order valence-electron chi connectivity index (χ2n) is 6.07. The van der Waals surface area contributed by atoms with Gasteiger partial charge < -0.3 is 9.64 Å². The predicted molar refractivity (Wildman–Crippen MR) is 82.4 cm³/mol. The van der Waals surface area contributed by atoms with Crippen LogP contribution in [0.25, 0.3) is 0 Å². The van der Waals surface area contributed by atoms with Crippen molar-refractivity contribution in [2.24, 2.45) is 0 Å². The lowest BCUT2D eigenvalue weighted by atomic mass is 10.3. The second-order valence-corrected chi connectivity index (χ2v) is 6.80. The topological polar surface area (TPSA) is 51.1 Å². The van der Waals surface area contributed by atoms with Crippen molar-refractivity contribution in [3.05, 3.63) is 29.7 Å². The first-order chi connectivity index (χ1) is 11.5. The molecular formula is C15H15F3N4OS. The van der Waals surface area contributed by atoms with Crippen molar-refractivity contribution in [1.82, 2.24) is 14.3 Å². The summed E-state index contributed by atoms with van der Waals surface area (Å²) in [7, 11) is 0. The van der Waals surface area contributed by atoms with Gasteiger partial charge in [-0.1, -0.05) is 0 Å². The summed E-state index contributed by atoms with van der Waals surface area (Å²) in [5.74, 6) is 1.68. The Balaban J connectivity index is 1.36. The lowest BCUT2D eigenvalue weighted by Gasteiger charge is -2.15. The Morgan fingerprint density at radius 3 is 2.71 bits per heavy atom. The molecule has 0 amide bonds. The Kier molecular flexibility index (Phi) is 3.82. The largest absolute Gasteiger partial charge is 0.472 e. The molecule has 0 spiro atoms. The summed E-state index contributed by atoms with van der Waals surface area (Å²) >= 11 is 1.40. The highest BCUT2D eigenvalue weighted by Crippen LogP contribution is 2.40. The average Bonchev–Trinajstić information content (AvgIpc) is 3.08. The maximum Gasteiger partial charge on any atom is 0.417 e. The van der Waals surface area contributed by atoms with Gasteiger partial charge in [-0.3, -0.25) is 0 Å². The summed E-state index contributed by atoms with van der Waals surface area (Å²) in [4.78, 5) is 10.4. The smallest absolute Gasteiger partial charge is 0.417 e. The molecule has 1 unspecified atom stereocenters. The van der Waals surface area contributed by atoms with Crippen LogP contribution in [0, 0.1) is 0 Å². The van der Waals surface area contributed by atoms with Crippen molar-refractivity contribution in [3.63, 3.8) is 0 Å². The first-order valence-electron chi connectivity index (χ1n) is 7.77. The average molecular weight is 356 g/mol. The third-order valence-electron chi connectivity index (χ3n) is 4.14. The molecule has 2 aromatic rings. The van der Waals surface area contributed by atoms with E-state index in [1.54, 1.807) is 0 Å². The molecule has 0 bridgehead atoms. The van der Waals surface area contributed by atoms with E-state index in [0.717, 1.165) is 36.2 Å². The van der Waals surface area contributed by atoms with Gasteiger partial charge >= 0.3 is 6.18 Å². The molecule has 1 saturated heterocycles. The Labute approximate surface area is 140 Å². The summed E-state index contributed by atoms with van der Waals surface area (Å²) in [6, 6.07) is 2.25. The van der Waals surface area contributed by atoms with Gasteiger partial charge in [0.05, 0.1) is 12.1 Å². The number of hydrogen-bond acceptors (Lipinski definition) is 6. The van der Waals surface area contributed by atoms with Crippen LogP contribution in [0.3, 0.4) is 0 Å². The highest BCUT2D eigenvalue weighted by Gasteiger charge is 2.32. The zero-order valence-electron chi connectivity index (χ0n) is 12.7. The van der Waals surface area contributed by atoms with Crippen LogP contribution in [-0.4, -0.2) is 33.5 Å². The maximum absolute atomic E-state index is 12.5. The molecule has 9 heteroatoms. The normalized spacial score (nSPS) is 21.3. The third-order valence-corrected chi connectivity index (χ3v) is 4.93. The van der Waals surface area contributed by atoms with E-state index in [1.807, 2.05) is 0 Å². The van der Waals surface area contributed by atoms with Crippen LogP contribution in [0.1, 0.15) is 36.6 Å². The third kappa shape index (κ3) is 3.31. The fourth-order valence-corrected chi connectivity index (χ4v) is 3.43. The van der Waals surface area contributed by atoms with Gasteiger partial charge in [-0.25, -0.2) is 9.97 Å². The Morgan fingerprint density at radius 2 is 2.04 bits per heavy atom. The van der Waals surface area contributed by atoms with Gasteiger partial charge in [-0.15, -0.1) is 0 Å². The quantitative estimate of drug-likeness (QED) is 0.839. The lowest BCUT2D eigenvalue weighted by Crippen LogP contribution is -2.24. The van der Waals surface area contributed by atoms with Crippen molar-refractivity contribution in [2.45, 2.75) is 37.5 Å². The van der Waals surface area contributed by atoms with E-state index in [0.29, 0.717) is 12.5 Å². The van der Waals surface area contributed by atoms with Crippen molar-refractivity contribution in [1.29, 1.82) is 0 Å². The fraction of sp³-hybridized carbons (Fsp3) is 0.533. The number of ether oxygens (including phenoxy) is 1. The molecule has 1 atom stereocenters. The molecule has 5 nitrogen and oxygen atoms in total. The minimum Gasteiger partial charge on any atom is -0.472 e. The maximum atomic E-state index is 12.5. The summed E-state index contributed by atoms with van der Waals surface area (Å²) in [5.41, 5.74) is -0.774. The first-order valence-corrected chi connectivity index (χ1v) is 8.55. The minimum absolute atomic E-state index is 0.109. The molecule has 1 aliphatic carbocycles. The Morgan fingerprint density at radius 1 is 1.21 bits per heavy atom. The molecule has 2 aromatic heterocycles. The minimum atomic E-state index is -4.38. The molecular weight excluding hydrogens is 341 g/mol. The summed E-state index contributed by atoms with van der Waals surface area (Å²) in [5, 5.41) is 0.892. The molecule has 2 fully saturated rings. The highest BCUT2D eigenvalue weighted by molar-refractivity contribution is 7.09. The van der Waals surface area contributed by atoms with E-state index in [2.05, 4.69) is 19.2 Å². The van der Waals surface area contributed by atoms with Crippen molar-refractivity contribution in [3.8, 4) is 5.88 Å². The number of hydrogen-bond donors (Lipinski definition) is 0.